The van der Waals surface area contributed by atoms with E-state index in [9.17, 15) is 4.79 Å². The molecule has 0 saturated heterocycles. The van der Waals surface area contributed by atoms with Crippen LogP contribution in [0.2, 0.25) is 0 Å². The second-order valence-electron chi connectivity index (χ2n) is 4.25. The highest BCUT2D eigenvalue weighted by atomic mass is 16.5. The normalized spacial score (nSPS) is 15.3. The number of aromatic amines is 1. The van der Waals surface area contributed by atoms with Crippen LogP contribution >= 0.6 is 0 Å². The van der Waals surface area contributed by atoms with E-state index in [4.69, 9.17) is 4.74 Å². The van der Waals surface area contributed by atoms with E-state index < -0.39 is 0 Å². The van der Waals surface area contributed by atoms with Crippen molar-refractivity contribution in [2.45, 2.75) is 12.8 Å². The molecule has 1 aromatic heterocycles. The molecule has 3 heteroatoms. The molecule has 1 heterocycles. The summed E-state index contributed by atoms with van der Waals surface area (Å²) >= 11 is 0. The Morgan fingerprint density at radius 3 is 2.94 bits per heavy atom. The van der Waals surface area contributed by atoms with Crippen LogP contribution in [-0.4, -0.2) is 17.9 Å². The van der Waals surface area contributed by atoms with Crippen LogP contribution in [-0.2, 0) is 0 Å². The number of ether oxygens (including phenoxy) is 1. The number of H-pyrrole nitrogens is 1. The van der Waals surface area contributed by atoms with Gasteiger partial charge in [0.1, 0.15) is 5.75 Å². The second-order valence-corrected chi connectivity index (χ2v) is 4.25. The molecular formula is C13H13NO2. The lowest BCUT2D eigenvalue weighted by Crippen LogP contribution is -1.99. The number of carbonyl (C=O) groups excluding carboxylic acids is 1. The summed E-state index contributed by atoms with van der Waals surface area (Å²) in [6.45, 7) is 0. The molecule has 0 bridgehead atoms. The minimum Gasteiger partial charge on any atom is -0.497 e. The fourth-order valence-corrected chi connectivity index (χ4v) is 2.00. The number of hydrogen-bond acceptors (Lipinski definition) is 2. The van der Waals surface area contributed by atoms with E-state index in [2.05, 4.69) is 4.98 Å². The molecule has 0 spiro atoms. The fraction of sp³-hybridized carbons (Fsp3) is 0.308. The first-order valence-electron chi connectivity index (χ1n) is 5.49. The largest absolute Gasteiger partial charge is 0.497 e. The highest BCUT2D eigenvalue weighted by Gasteiger charge is 2.31. The van der Waals surface area contributed by atoms with Gasteiger partial charge < -0.3 is 9.72 Å². The molecule has 3 rings (SSSR count). The van der Waals surface area contributed by atoms with Crippen molar-refractivity contribution in [2.75, 3.05) is 7.11 Å². The minimum absolute atomic E-state index is 0.265. The molecule has 1 fully saturated rings. The monoisotopic (exact) mass is 215 g/mol. The van der Waals surface area contributed by atoms with Crippen molar-refractivity contribution in [3.05, 3.63) is 30.0 Å². The van der Waals surface area contributed by atoms with Gasteiger partial charge in [0.05, 0.1) is 7.11 Å². The molecule has 1 aliphatic rings. The van der Waals surface area contributed by atoms with Crippen molar-refractivity contribution in [1.82, 2.24) is 4.98 Å². The number of aromatic nitrogens is 1. The van der Waals surface area contributed by atoms with E-state index in [1.165, 1.54) is 0 Å². The van der Waals surface area contributed by atoms with Crippen LogP contribution in [0.4, 0.5) is 0 Å². The Balaban J connectivity index is 2.09. The number of ketones is 1. The molecule has 16 heavy (non-hydrogen) atoms. The smallest absolute Gasteiger partial charge is 0.168 e. The number of hydrogen-bond donors (Lipinski definition) is 1. The zero-order chi connectivity index (χ0) is 11.1. The number of benzene rings is 1. The first kappa shape index (κ1) is 9.46. The number of fused-ring (bicyclic) bond motifs is 1. The predicted octanol–water partition coefficient (Wildman–Crippen LogP) is 2.77. The van der Waals surface area contributed by atoms with E-state index in [1.54, 1.807) is 7.11 Å². The molecule has 0 unspecified atom stereocenters. The van der Waals surface area contributed by atoms with Crippen molar-refractivity contribution >= 4 is 16.7 Å². The summed E-state index contributed by atoms with van der Waals surface area (Å²) in [5.74, 6) is 1.34. The summed E-state index contributed by atoms with van der Waals surface area (Å²) in [4.78, 5) is 15.1. The third-order valence-electron chi connectivity index (χ3n) is 3.10. The summed E-state index contributed by atoms with van der Waals surface area (Å²) in [6, 6.07) is 5.75. The van der Waals surface area contributed by atoms with Gasteiger partial charge in [-0.05, 0) is 25.0 Å². The number of rotatable bonds is 3. The standard InChI is InChI=1S/C13H13NO2/c1-16-9-4-5-10-11(7-14-12(10)6-9)13(15)8-2-3-8/h4-8,14H,2-3H2,1H3. The van der Waals surface area contributed by atoms with Gasteiger partial charge >= 0.3 is 0 Å². The maximum absolute atomic E-state index is 12.0. The summed E-state index contributed by atoms with van der Waals surface area (Å²) in [7, 11) is 1.64. The van der Waals surface area contributed by atoms with E-state index in [0.717, 1.165) is 35.1 Å². The van der Waals surface area contributed by atoms with Crippen molar-refractivity contribution in [3.8, 4) is 5.75 Å². The Labute approximate surface area is 93.4 Å². The third-order valence-corrected chi connectivity index (χ3v) is 3.10. The zero-order valence-electron chi connectivity index (χ0n) is 9.12. The van der Waals surface area contributed by atoms with Gasteiger partial charge in [-0.2, -0.15) is 0 Å². The fourth-order valence-electron chi connectivity index (χ4n) is 2.00. The highest BCUT2D eigenvalue weighted by Crippen LogP contribution is 2.35. The van der Waals surface area contributed by atoms with Crippen LogP contribution in [0.3, 0.4) is 0 Å². The highest BCUT2D eigenvalue weighted by molar-refractivity contribution is 6.09. The van der Waals surface area contributed by atoms with Crippen molar-refractivity contribution in [1.29, 1.82) is 0 Å². The molecule has 0 amide bonds. The van der Waals surface area contributed by atoms with Crippen molar-refractivity contribution in [2.24, 2.45) is 5.92 Å². The topological polar surface area (TPSA) is 42.1 Å². The van der Waals surface area contributed by atoms with Gasteiger partial charge in [-0.15, -0.1) is 0 Å². The van der Waals surface area contributed by atoms with Gasteiger partial charge in [0.25, 0.3) is 0 Å². The molecule has 1 N–H and O–H groups in total. The van der Waals surface area contributed by atoms with Crippen LogP contribution in [0.25, 0.3) is 10.9 Å². The molecule has 1 aliphatic carbocycles. The molecule has 0 radical (unpaired) electrons. The van der Waals surface area contributed by atoms with Crippen LogP contribution < -0.4 is 4.74 Å². The summed E-state index contributed by atoms with van der Waals surface area (Å²) in [5, 5.41) is 0.998. The molecule has 1 saturated carbocycles. The van der Waals surface area contributed by atoms with E-state index in [1.807, 2.05) is 24.4 Å². The Morgan fingerprint density at radius 2 is 2.25 bits per heavy atom. The maximum atomic E-state index is 12.0. The summed E-state index contributed by atoms with van der Waals surface area (Å²) in [5.41, 5.74) is 1.78. The van der Waals surface area contributed by atoms with E-state index >= 15 is 0 Å². The van der Waals surface area contributed by atoms with Crippen LogP contribution in [0.1, 0.15) is 23.2 Å². The molecule has 82 valence electrons. The van der Waals surface area contributed by atoms with Crippen LogP contribution in [0.15, 0.2) is 24.4 Å². The molecular weight excluding hydrogens is 202 g/mol. The molecule has 3 nitrogen and oxygen atoms in total. The Bertz CT molecular complexity index is 552. The number of carbonyl (C=O) groups is 1. The van der Waals surface area contributed by atoms with Crippen molar-refractivity contribution in [3.63, 3.8) is 0 Å². The lowest BCUT2D eigenvalue weighted by molar-refractivity contribution is 0.0969. The lowest BCUT2D eigenvalue weighted by Gasteiger charge is -2.00. The van der Waals surface area contributed by atoms with Gasteiger partial charge in [-0.1, -0.05) is 0 Å². The van der Waals surface area contributed by atoms with Gasteiger partial charge in [0.15, 0.2) is 5.78 Å². The van der Waals surface area contributed by atoms with Gasteiger partial charge in [0, 0.05) is 34.6 Å². The van der Waals surface area contributed by atoms with Crippen LogP contribution in [0, 0.1) is 5.92 Å². The van der Waals surface area contributed by atoms with E-state index in [0.29, 0.717) is 0 Å². The third kappa shape index (κ3) is 1.40. The predicted molar refractivity (Wildman–Crippen MR) is 61.9 cm³/mol. The minimum atomic E-state index is 0.265. The molecule has 0 aliphatic heterocycles. The summed E-state index contributed by atoms with van der Waals surface area (Å²) in [6.07, 6.45) is 3.90. The second kappa shape index (κ2) is 3.37. The van der Waals surface area contributed by atoms with Gasteiger partial charge in [-0.25, -0.2) is 0 Å². The molecule has 1 aromatic carbocycles. The Morgan fingerprint density at radius 1 is 1.44 bits per heavy atom. The lowest BCUT2D eigenvalue weighted by atomic mass is 10.1. The Hall–Kier alpha value is -1.77. The summed E-state index contributed by atoms with van der Waals surface area (Å²) < 4.78 is 5.15. The Kier molecular flexibility index (Phi) is 1.99. The number of methoxy groups -OCH3 is 1. The number of Topliss-reactive ketones (excluding diaryl/α,β-unsaturated/α-hetero) is 1. The molecule has 0 atom stereocenters. The average Bonchev–Trinajstić information content (AvgIpc) is 3.08. The molecule has 2 aromatic rings. The first-order valence-corrected chi connectivity index (χ1v) is 5.49. The first-order chi connectivity index (χ1) is 7.79. The zero-order valence-corrected chi connectivity index (χ0v) is 9.12. The van der Waals surface area contributed by atoms with E-state index in [-0.39, 0.29) is 11.7 Å². The van der Waals surface area contributed by atoms with Gasteiger partial charge in [-0.3, -0.25) is 4.79 Å². The van der Waals surface area contributed by atoms with Crippen LogP contribution in [0.5, 0.6) is 5.75 Å². The van der Waals surface area contributed by atoms with Crippen molar-refractivity contribution < 1.29 is 9.53 Å². The SMILES string of the molecule is COc1ccc2c(C(=O)C3CC3)c[nH]c2c1. The quantitative estimate of drug-likeness (QED) is 0.800. The maximum Gasteiger partial charge on any atom is 0.168 e. The average molecular weight is 215 g/mol. The number of nitrogens with one attached hydrogen (secondary N) is 1. The van der Waals surface area contributed by atoms with Gasteiger partial charge in [0.2, 0.25) is 0 Å².